The average Bonchev–Trinajstić information content (AvgIpc) is 2.98. The van der Waals surface area contributed by atoms with E-state index >= 15 is 0 Å². The molecule has 1 N–H and O–H groups in total. The molecule has 2 aromatic carbocycles. The standard InChI is InChI=1S/C22H20BrClN2O5/c1-11(2)31-20-17(23)8-13(9-19(20)30-4)7-15-12(3)25-26(21(15)27)14-5-6-18(24)16(10-14)22(28)29/h5-11H,1-4H3,(H,28,29)/b15-7-. The summed E-state index contributed by atoms with van der Waals surface area (Å²) in [6.07, 6.45) is 1.66. The fraction of sp³-hybridized carbons (Fsp3) is 0.227. The number of carbonyl (C=O) groups is 2. The van der Waals surface area contributed by atoms with E-state index in [1.165, 1.54) is 12.1 Å². The molecular weight excluding hydrogens is 488 g/mol. The third-order valence-corrected chi connectivity index (χ3v) is 5.32. The van der Waals surface area contributed by atoms with E-state index in [-0.39, 0.29) is 22.6 Å². The van der Waals surface area contributed by atoms with Crippen LogP contribution in [0.2, 0.25) is 5.02 Å². The van der Waals surface area contributed by atoms with Crippen molar-refractivity contribution in [3.63, 3.8) is 0 Å². The summed E-state index contributed by atoms with van der Waals surface area (Å²) >= 11 is 9.42. The Labute approximate surface area is 193 Å². The Balaban J connectivity index is 1.98. The first-order valence-corrected chi connectivity index (χ1v) is 10.5. The molecule has 9 heteroatoms. The molecule has 2 aromatic rings. The minimum absolute atomic E-state index is 0.0381. The summed E-state index contributed by atoms with van der Waals surface area (Å²) in [6.45, 7) is 5.54. The Kier molecular flexibility index (Phi) is 6.71. The van der Waals surface area contributed by atoms with E-state index in [2.05, 4.69) is 21.0 Å². The maximum atomic E-state index is 13.0. The number of carboxylic acids is 1. The van der Waals surface area contributed by atoms with E-state index in [4.69, 9.17) is 21.1 Å². The maximum absolute atomic E-state index is 13.0. The van der Waals surface area contributed by atoms with Gasteiger partial charge in [-0.3, -0.25) is 4.79 Å². The Bertz CT molecular complexity index is 1130. The number of nitrogens with zero attached hydrogens (tertiary/aromatic N) is 2. The zero-order valence-electron chi connectivity index (χ0n) is 17.3. The molecule has 1 aliphatic rings. The van der Waals surface area contributed by atoms with Gasteiger partial charge in [0.15, 0.2) is 11.5 Å². The van der Waals surface area contributed by atoms with Crippen molar-refractivity contribution in [2.45, 2.75) is 26.9 Å². The quantitative estimate of drug-likeness (QED) is 0.529. The van der Waals surface area contributed by atoms with Crippen LogP contribution in [-0.2, 0) is 4.79 Å². The van der Waals surface area contributed by atoms with Crippen molar-refractivity contribution in [3.05, 3.63) is 56.5 Å². The third-order valence-electron chi connectivity index (χ3n) is 4.40. The summed E-state index contributed by atoms with van der Waals surface area (Å²) in [6, 6.07) is 7.88. The van der Waals surface area contributed by atoms with E-state index in [0.717, 1.165) is 5.01 Å². The number of ether oxygens (including phenoxy) is 2. The van der Waals surface area contributed by atoms with Gasteiger partial charge in [-0.2, -0.15) is 10.1 Å². The molecule has 0 radical (unpaired) electrons. The van der Waals surface area contributed by atoms with Gasteiger partial charge in [-0.1, -0.05) is 11.6 Å². The number of aromatic carboxylic acids is 1. The second-order valence-corrected chi connectivity index (χ2v) is 8.29. The van der Waals surface area contributed by atoms with Crippen molar-refractivity contribution >= 4 is 56.9 Å². The molecule has 1 amide bonds. The molecule has 3 rings (SSSR count). The van der Waals surface area contributed by atoms with Crippen LogP contribution in [0.25, 0.3) is 6.08 Å². The molecule has 1 aliphatic heterocycles. The highest BCUT2D eigenvalue weighted by Crippen LogP contribution is 2.38. The molecule has 0 bridgehead atoms. The smallest absolute Gasteiger partial charge is 0.337 e. The number of halogens is 2. The molecule has 162 valence electrons. The van der Waals surface area contributed by atoms with Crippen LogP contribution in [-0.4, -0.2) is 35.9 Å². The Hall–Kier alpha value is -2.84. The predicted molar refractivity (Wildman–Crippen MR) is 123 cm³/mol. The van der Waals surface area contributed by atoms with Crippen LogP contribution in [0.1, 0.15) is 36.7 Å². The second kappa shape index (κ2) is 9.11. The minimum Gasteiger partial charge on any atom is -0.493 e. The Morgan fingerprint density at radius 2 is 2.00 bits per heavy atom. The number of amides is 1. The van der Waals surface area contributed by atoms with Crippen LogP contribution in [0.4, 0.5) is 5.69 Å². The lowest BCUT2D eigenvalue weighted by molar-refractivity contribution is -0.114. The van der Waals surface area contributed by atoms with Crippen molar-refractivity contribution in [1.29, 1.82) is 0 Å². The lowest BCUT2D eigenvalue weighted by atomic mass is 10.1. The number of carbonyl (C=O) groups excluding carboxylic acids is 1. The number of carboxylic acid groups (broad SMARTS) is 1. The molecule has 0 aliphatic carbocycles. The van der Waals surface area contributed by atoms with E-state index in [1.807, 2.05) is 19.9 Å². The van der Waals surface area contributed by atoms with Crippen LogP contribution in [0.15, 0.2) is 45.5 Å². The van der Waals surface area contributed by atoms with Gasteiger partial charge in [0.2, 0.25) is 0 Å². The van der Waals surface area contributed by atoms with Gasteiger partial charge in [0, 0.05) is 0 Å². The Morgan fingerprint density at radius 1 is 1.29 bits per heavy atom. The summed E-state index contributed by atoms with van der Waals surface area (Å²) in [5.74, 6) is -0.466. The van der Waals surface area contributed by atoms with Gasteiger partial charge in [0.1, 0.15) is 0 Å². The zero-order valence-corrected chi connectivity index (χ0v) is 19.6. The van der Waals surface area contributed by atoms with Crippen molar-refractivity contribution < 1.29 is 24.2 Å². The van der Waals surface area contributed by atoms with Crippen LogP contribution in [0, 0.1) is 0 Å². The second-order valence-electron chi connectivity index (χ2n) is 7.03. The van der Waals surface area contributed by atoms with Gasteiger partial charge >= 0.3 is 5.97 Å². The fourth-order valence-corrected chi connectivity index (χ4v) is 3.76. The van der Waals surface area contributed by atoms with Crippen molar-refractivity contribution in [2.24, 2.45) is 5.10 Å². The first-order valence-electron chi connectivity index (χ1n) is 9.31. The number of hydrogen-bond acceptors (Lipinski definition) is 5. The van der Waals surface area contributed by atoms with Crippen molar-refractivity contribution in [1.82, 2.24) is 0 Å². The summed E-state index contributed by atoms with van der Waals surface area (Å²) in [7, 11) is 1.54. The van der Waals surface area contributed by atoms with E-state index in [9.17, 15) is 14.7 Å². The van der Waals surface area contributed by atoms with E-state index in [0.29, 0.717) is 38.5 Å². The zero-order chi connectivity index (χ0) is 22.9. The van der Waals surface area contributed by atoms with Crippen molar-refractivity contribution in [3.8, 4) is 11.5 Å². The van der Waals surface area contributed by atoms with Gasteiger partial charge in [-0.05, 0) is 78.7 Å². The molecular formula is C22H20BrClN2O5. The van der Waals surface area contributed by atoms with Crippen LogP contribution < -0.4 is 14.5 Å². The van der Waals surface area contributed by atoms with Crippen LogP contribution >= 0.6 is 27.5 Å². The SMILES string of the molecule is COc1cc(/C=C2\C(=O)N(c3ccc(Cl)c(C(=O)O)c3)N=C2C)cc(Br)c1OC(C)C. The molecule has 0 spiro atoms. The highest BCUT2D eigenvalue weighted by atomic mass is 79.9. The summed E-state index contributed by atoms with van der Waals surface area (Å²) < 4.78 is 11.9. The molecule has 0 saturated carbocycles. The number of benzene rings is 2. The number of anilines is 1. The highest BCUT2D eigenvalue weighted by molar-refractivity contribution is 9.10. The fourth-order valence-electron chi connectivity index (χ4n) is 3.01. The topological polar surface area (TPSA) is 88.4 Å². The average molecular weight is 508 g/mol. The largest absolute Gasteiger partial charge is 0.493 e. The van der Waals surface area contributed by atoms with Gasteiger partial charge in [0.25, 0.3) is 5.91 Å². The molecule has 7 nitrogen and oxygen atoms in total. The summed E-state index contributed by atoms with van der Waals surface area (Å²) in [5, 5.41) is 14.8. The van der Waals surface area contributed by atoms with E-state index < -0.39 is 5.97 Å². The molecule has 0 aromatic heterocycles. The first-order chi connectivity index (χ1) is 14.6. The van der Waals surface area contributed by atoms with E-state index in [1.54, 1.807) is 32.2 Å². The summed E-state index contributed by atoms with van der Waals surface area (Å²) in [4.78, 5) is 24.4. The summed E-state index contributed by atoms with van der Waals surface area (Å²) in [5.41, 5.74) is 1.79. The van der Waals surface area contributed by atoms with Gasteiger partial charge in [-0.15, -0.1) is 0 Å². The first kappa shape index (κ1) is 22.8. The van der Waals surface area contributed by atoms with Crippen LogP contribution in [0.3, 0.4) is 0 Å². The number of hydrogen-bond donors (Lipinski definition) is 1. The number of methoxy groups -OCH3 is 1. The number of rotatable bonds is 6. The maximum Gasteiger partial charge on any atom is 0.337 e. The molecule has 0 atom stereocenters. The lowest BCUT2D eigenvalue weighted by Crippen LogP contribution is -2.21. The van der Waals surface area contributed by atoms with Gasteiger partial charge in [-0.25, -0.2) is 4.79 Å². The monoisotopic (exact) mass is 506 g/mol. The van der Waals surface area contributed by atoms with Crippen LogP contribution in [0.5, 0.6) is 11.5 Å². The molecule has 0 saturated heterocycles. The highest BCUT2D eigenvalue weighted by Gasteiger charge is 2.29. The third kappa shape index (κ3) is 4.75. The number of hydrazone groups is 1. The molecule has 31 heavy (non-hydrogen) atoms. The lowest BCUT2D eigenvalue weighted by Gasteiger charge is -2.16. The Morgan fingerprint density at radius 3 is 2.61 bits per heavy atom. The predicted octanol–water partition coefficient (Wildman–Crippen LogP) is 5.40. The molecule has 1 heterocycles. The van der Waals surface area contributed by atoms with Gasteiger partial charge in [0.05, 0.1) is 45.2 Å². The molecule has 0 fully saturated rings. The minimum atomic E-state index is -1.18. The normalized spacial score (nSPS) is 14.9. The molecule has 0 unspecified atom stereocenters. The van der Waals surface area contributed by atoms with Gasteiger partial charge < -0.3 is 14.6 Å². The van der Waals surface area contributed by atoms with Crippen molar-refractivity contribution in [2.75, 3.05) is 12.1 Å².